The number of hydrogen-bond acceptors (Lipinski definition) is 1. The molecule has 0 spiro atoms. The van der Waals surface area contributed by atoms with Crippen molar-refractivity contribution in [1.82, 2.24) is 0 Å². The van der Waals surface area contributed by atoms with Crippen LogP contribution < -0.4 is 5.73 Å². The standard InChI is InChI=1S/C18H27F2N/c1-4-17(2,3)14-7-9-18(21,10-8-14)12-13-5-6-15(19)16(20)11-13/h5-6,11,14H,4,7-10,12,21H2,1-3H3. The summed E-state index contributed by atoms with van der Waals surface area (Å²) in [6, 6.07) is 4.13. The first-order valence-electron chi connectivity index (χ1n) is 7.98. The average Bonchev–Trinajstić information content (AvgIpc) is 2.43. The summed E-state index contributed by atoms with van der Waals surface area (Å²) in [6.45, 7) is 6.90. The number of rotatable bonds is 4. The van der Waals surface area contributed by atoms with Gasteiger partial charge in [-0.15, -0.1) is 0 Å². The fraction of sp³-hybridized carbons (Fsp3) is 0.667. The molecule has 118 valence electrons. The smallest absolute Gasteiger partial charge is 0.159 e. The van der Waals surface area contributed by atoms with Crippen molar-refractivity contribution < 1.29 is 8.78 Å². The molecule has 0 bridgehead atoms. The van der Waals surface area contributed by atoms with Gasteiger partial charge in [0.1, 0.15) is 0 Å². The second kappa shape index (κ2) is 6.04. The average molecular weight is 295 g/mol. The Morgan fingerprint density at radius 3 is 2.33 bits per heavy atom. The molecule has 1 aromatic rings. The summed E-state index contributed by atoms with van der Waals surface area (Å²) in [5, 5.41) is 0. The molecule has 1 aliphatic carbocycles. The van der Waals surface area contributed by atoms with E-state index >= 15 is 0 Å². The molecule has 0 aromatic heterocycles. The van der Waals surface area contributed by atoms with E-state index in [1.54, 1.807) is 6.07 Å². The Labute approximate surface area is 126 Å². The van der Waals surface area contributed by atoms with Gasteiger partial charge in [0, 0.05) is 5.54 Å². The van der Waals surface area contributed by atoms with E-state index < -0.39 is 11.6 Å². The monoisotopic (exact) mass is 295 g/mol. The second-order valence-corrected chi connectivity index (χ2v) is 7.40. The predicted molar refractivity (Wildman–Crippen MR) is 83.0 cm³/mol. The van der Waals surface area contributed by atoms with Crippen LogP contribution in [0.4, 0.5) is 8.78 Å². The topological polar surface area (TPSA) is 26.0 Å². The molecule has 0 atom stereocenters. The highest BCUT2D eigenvalue weighted by atomic mass is 19.2. The van der Waals surface area contributed by atoms with E-state index in [2.05, 4.69) is 20.8 Å². The fourth-order valence-corrected chi connectivity index (χ4v) is 3.50. The zero-order valence-corrected chi connectivity index (χ0v) is 13.4. The minimum Gasteiger partial charge on any atom is -0.325 e. The number of hydrogen-bond donors (Lipinski definition) is 1. The van der Waals surface area contributed by atoms with Crippen LogP contribution in [-0.2, 0) is 6.42 Å². The van der Waals surface area contributed by atoms with Gasteiger partial charge in [0.05, 0.1) is 0 Å². The van der Waals surface area contributed by atoms with Crippen molar-refractivity contribution in [3.05, 3.63) is 35.4 Å². The minimum absolute atomic E-state index is 0.273. The highest BCUT2D eigenvalue weighted by Gasteiger charge is 2.37. The maximum atomic E-state index is 13.3. The molecule has 1 saturated carbocycles. The van der Waals surface area contributed by atoms with Gasteiger partial charge in [-0.05, 0) is 61.1 Å². The van der Waals surface area contributed by atoms with E-state index in [0.717, 1.165) is 31.2 Å². The summed E-state index contributed by atoms with van der Waals surface area (Å²) in [6.07, 6.45) is 5.98. The molecule has 2 rings (SSSR count). The largest absolute Gasteiger partial charge is 0.325 e. The zero-order chi connectivity index (χ0) is 15.7. The highest BCUT2D eigenvalue weighted by molar-refractivity contribution is 5.20. The molecule has 1 aromatic carbocycles. The Balaban J connectivity index is 2.00. The van der Waals surface area contributed by atoms with Gasteiger partial charge >= 0.3 is 0 Å². The predicted octanol–water partition coefficient (Wildman–Crippen LogP) is 4.83. The van der Waals surface area contributed by atoms with Crippen LogP contribution in [0.25, 0.3) is 0 Å². The van der Waals surface area contributed by atoms with Crippen molar-refractivity contribution in [2.45, 2.75) is 64.8 Å². The van der Waals surface area contributed by atoms with E-state index in [4.69, 9.17) is 5.73 Å². The molecule has 0 saturated heterocycles. The Morgan fingerprint density at radius 1 is 1.19 bits per heavy atom. The van der Waals surface area contributed by atoms with E-state index in [0.29, 0.717) is 17.8 Å². The number of benzene rings is 1. The van der Waals surface area contributed by atoms with Crippen LogP contribution in [0, 0.1) is 23.0 Å². The first-order valence-corrected chi connectivity index (χ1v) is 7.98. The van der Waals surface area contributed by atoms with Crippen LogP contribution in [0.2, 0.25) is 0 Å². The molecular formula is C18H27F2N. The fourth-order valence-electron chi connectivity index (χ4n) is 3.50. The lowest BCUT2D eigenvalue weighted by atomic mass is 9.65. The van der Waals surface area contributed by atoms with Gasteiger partial charge < -0.3 is 5.73 Å². The molecule has 0 amide bonds. The normalized spacial score (nSPS) is 26.9. The highest BCUT2D eigenvalue weighted by Crippen LogP contribution is 2.43. The van der Waals surface area contributed by atoms with Gasteiger partial charge in [-0.3, -0.25) is 0 Å². The van der Waals surface area contributed by atoms with E-state index in [-0.39, 0.29) is 5.54 Å². The third kappa shape index (κ3) is 3.82. The van der Waals surface area contributed by atoms with Gasteiger partial charge in [0.15, 0.2) is 11.6 Å². The molecule has 0 heterocycles. The molecule has 0 radical (unpaired) electrons. The van der Waals surface area contributed by atoms with E-state index in [1.807, 2.05) is 0 Å². The molecule has 21 heavy (non-hydrogen) atoms. The minimum atomic E-state index is -0.793. The summed E-state index contributed by atoms with van der Waals surface area (Å²) in [5.41, 5.74) is 7.40. The van der Waals surface area contributed by atoms with Crippen LogP contribution in [0.1, 0.15) is 58.4 Å². The lowest BCUT2D eigenvalue weighted by molar-refractivity contribution is 0.115. The van der Waals surface area contributed by atoms with Crippen molar-refractivity contribution in [3.63, 3.8) is 0 Å². The molecule has 0 aliphatic heterocycles. The summed E-state index contributed by atoms with van der Waals surface area (Å²) >= 11 is 0. The van der Waals surface area contributed by atoms with Crippen LogP contribution >= 0.6 is 0 Å². The van der Waals surface area contributed by atoms with Crippen molar-refractivity contribution in [2.75, 3.05) is 0 Å². The van der Waals surface area contributed by atoms with E-state index in [9.17, 15) is 8.78 Å². The second-order valence-electron chi connectivity index (χ2n) is 7.40. The van der Waals surface area contributed by atoms with E-state index in [1.165, 1.54) is 18.6 Å². The summed E-state index contributed by atoms with van der Waals surface area (Å²) in [7, 11) is 0. The quantitative estimate of drug-likeness (QED) is 0.845. The first-order chi connectivity index (χ1) is 9.76. The maximum absolute atomic E-state index is 13.3. The van der Waals surface area contributed by atoms with Gasteiger partial charge in [-0.1, -0.05) is 33.3 Å². The first kappa shape index (κ1) is 16.4. The SMILES string of the molecule is CCC(C)(C)C1CCC(N)(Cc2ccc(F)c(F)c2)CC1. The maximum Gasteiger partial charge on any atom is 0.159 e. The molecule has 0 unspecified atom stereocenters. The van der Waals surface area contributed by atoms with Crippen molar-refractivity contribution in [1.29, 1.82) is 0 Å². The molecular weight excluding hydrogens is 268 g/mol. The Hall–Kier alpha value is -0.960. The van der Waals surface area contributed by atoms with Crippen LogP contribution in [-0.4, -0.2) is 5.54 Å². The van der Waals surface area contributed by atoms with Crippen LogP contribution in [0.3, 0.4) is 0 Å². The molecule has 1 nitrogen and oxygen atoms in total. The Bertz CT molecular complexity index is 488. The lowest BCUT2D eigenvalue weighted by Crippen LogP contribution is -2.47. The van der Waals surface area contributed by atoms with Gasteiger partial charge in [0.2, 0.25) is 0 Å². The van der Waals surface area contributed by atoms with Crippen LogP contribution in [0.15, 0.2) is 18.2 Å². The van der Waals surface area contributed by atoms with Gasteiger partial charge in [-0.25, -0.2) is 8.78 Å². The summed E-state index contributed by atoms with van der Waals surface area (Å²) in [5.74, 6) is -0.862. The molecule has 1 fully saturated rings. The molecule has 2 N–H and O–H groups in total. The molecule has 3 heteroatoms. The van der Waals surface area contributed by atoms with Crippen LogP contribution in [0.5, 0.6) is 0 Å². The summed E-state index contributed by atoms with van der Waals surface area (Å²) < 4.78 is 26.3. The lowest BCUT2D eigenvalue weighted by Gasteiger charge is -2.43. The number of halogens is 2. The third-order valence-corrected chi connectivity index (χ3v) is 5.54. The van der Waals surface area contributed by atoms with Crippen molar-refractivity contribution >= 4 is 0 Å². The Kier molecular flexibility index (Phi) is 4.72. The molecule has 1 aliphatic rings. The van der Waals surface area contributed by atoms with Gasteiger partial charge in [-0.2, -0.15) is 0 Å². The Morgan fingerprint density at radius 2 is 1.81 bits per heavy atom. The third-order valence-electron chi connectivity index (χ3n) is 5.54. The summed E-state index contributed by atoms with van der Waals surface area (Å²) in [4.78, 5) is 0. The zero-order valence-electron chi connectivity index (χ0n) is 13.4. The van der Waals surface area contributed by atoms with Crippen molar-refractivity contribution in [2.24, 2.45) is 17.1 Å². The van der Waals surface area contributed by atoms with Crippen molar-refractivity contribution in [3.8, 4) is 0 Å². The number of nitrogens with two attached hydrogens (primary N) is 1. The van der Waals surface area contributed by atoms with Gasteiger partial charge in [0.25, 0.3) is 0 Å².